The molecule has 1 rings (SSSR count). The molecule has 0 spiro atoms. The van der Waals surface area contributed by atoms with Crippen LogP contribution in [0, 0.1) is 17.2 Å². The smallest absolute Gasteiger partial charge is 0.319 e. The second-order valence-corrected chi connectivity index (χ2v) is 6.14. The Morgan fingerprint density at radius 2 is 1.81 bits per heavy atom. The number of carbonyl (C=O) groups excluding carboxylic acids is 1. The summed E-state index contributed by atoms with van der Waals surface area (Å²) in [6.07, 6.45) is 0.458. The highest BCUT2D eigenvalue weighted by molar-refractivity contribution is 5.89. The molecule has 116 valence electrons. The summed E-state index contributed by atoms with van der Waals surface area (Å²) < 4.78 is 12.7. The van der Waals surface area contributed by atoms with E-state index in [1.165, 1.54) is 24.3 Å². The summed E-state index contributed by atoms with van der Waals surface area (Å²) >= 11 is 0. The molecule has 3 N–H and O–H groups in total. The first-order chi connectivity index (χ1) is 9.67. The molecule has 0 saturated carbocycles. The van der Waals surface area contributed by atoms with Gasteiger partial charge in [0.05, 0.1) is 5.92 Å². The van der Waals surface area contributed by atoms with Gasteiger partial charge in [0.25, 0.3) is 0 Å². The van der Waals surface area contributed by atoms with Crippen LogP contribution in [-0.2, 0) is 4.79 Å². The number of halogens is 1. The summed E-state index contributed by atoms with van der Waals surface area (Å²) in [5.41, 5.74) is 0.301. The van der Waals surface area contributed by atoms with Crippen LogP contribution in [0.5, 0.6) is 0 Å². The molecule has 0 bridgehead atoms. The Morgan fingerprint density at radius 3 is 2.29 bits per heavy atom. The molecule has 0 radical (unpaired) electrons. The highest BCUT2D eigenvalue weighted by Gasteiger charge is 2.24. The Hall–Kier alpha value is -2.11. The van der Waals surface area contributed by atoms with Crippen LogP contribution in [0.2, 0.25) is 0 Å². The van der Waals surface area contributed by atoms with Gasteiger partial charge < -0.3 is 15.7 Å². The van der Waals surface area contributed by atoms with Gasteiger partial charge in [0.1, 0.15) is 5.82 Å². The van der Waals surface area contributed by atoms with Gasteiger partial charge in [-0.1, -0.05) is 20.8 Å². The zero-order valence-corrected chi connectivity index (χ0v) is 12.4. The molecule has 21 heavy (non-hydrogen) atoms. The van der Waals surface area contributed by atoms with Crippen molar-refractivity contribution >= 4 is 17.7 Å². The summed E-state index contributed by atoms with van der Waals surface area (Å²) in [5.74, 6) is -1.98. The molecule has 6 heteroatoms. The summed E-state index contributed by atoms with van der Waals surface area (Å²) in [6.45, 7) is 5.88. The number of nitrogens with one attached hydrogen (secondary N) is 2. The number of benzene rings is 1. The van der Waals surface area contributed by atoms with E-state index in [1.807, 2.05) is 20.8 Å². The molecule has 1 aromatic rings. The van der Waals surface area contributed by atoms with Gasteiger partial charge in [-0.05, 0) is 36.1 Å². The number of hydrogen-bond donors (Lipinski definition) is 3. The van der Waals surface area contributed by atoms with Crippen LogP contribution in [-0.4, -0.2) is 23.7 Å². The van der Waals surface area contributed by atoms with Gasteiger partial charge in [-0.2, -0.15) is 0 Å². The molecular formula is C15H21FN2O3. The number of hydrogen-bond acceptors (Lipinski definition) is 2. The van der Waals surface area contributed by atoms with Crippen molar-refractivity contribution in [2.45, 2.75) is 27.2 Å². The number of carboxylic acid groups (broad SMARTS) is 1. The fraction of sp³-hybridized carbons (Fsp3) is 0.467. The van der Waals surface area contributed by atoms with Gasteiger partial charge in [0.2, 0.25) is 0 Å². The summed E-state index contributed by atoms with van der Waals surface area (Å²) in [6, 6.07) is 4.81. The second-order valence-electron chi connectivity index (χ2n) is 6.14. The maximum Gasteiger partial charge on any atom is 0.319 e. The minimum absolute atomic E-state index is 0.0413. The fourth-order valence-corrected chi connectivity index (χ4v) is 1.91. The Bertz CT molecular complexity index is 495. The van der Waals surface area contributed by atoms with E-state index < -0.39 is 23.7 Å². The number of amides is 2. The minimum Gasteiger partial charge on any atom is -0.481 e. The van der Waals surface area contributed by atoms with Crippen molar-refractivity contribution < 1.29 is 19.1 Å². The number of aliphatic carboxylic acids is 1. The average Bonchev–Trinajstić information content (AvgIpc) is 2.35. The molecule has 5 nitrogen and oxygen atoms in total. The average molecular weight is 296 g/mol. The molecule has 1 unspecified atom stereocenters. The molecule has 0 saturated heterocycles. The van der Waals surface area contributed by atoms with Crippen LogP contribution in [0.3, 0.4) is 0 Å². The van der Waals surface area contributed by atoms with Gasteiger partial charge in [-0.3, -0.25) is 4.79 Å². The lowest BCUT2D eigenvalue weighted by Gasteiger charge is -2.23. The predicted molar refractivity (Wildman–Crippen MR) is 78.6 cm³/mol. The normalized spacial score (nSPS) is 12.6. The van der Waals surface area contributed by atoms with Crippen molar-refractivity contribution in [1.82, 2.24) is 5.32 Å². The first-order valence-electron chi connectivity index (χ1n) is 6.70. The first-order valence-corrected chi connectivity index (χ1v) is 6.70. The predicted octanol–water partition coefficient (Wildman–Crippen LogP) is 3.08. The van der Waals surface area contributed by atoms with E-state index in [1.54, 1.807) is 0 Å². The van der Waals surface area contributed by atoms with Crippen LogP contribution < -0.4 is 10.6 Å². The van der Waals surface area contributed by atoms with Crippen molar-refractivity contribution in [3.63, 3.8) is 0 Å². The van der Waals surface area contributed by atoms with Crippen molar-refractivity contribution in [2.24, 2.45) is 11.3 Å². The zero-order chi connectivity index (χ0) is 16.0. The zero-order valence-electron chi connectivity index (χ0n) is 12.4. The molecule has 0 aromatic heterocycles. The number of anilines is 1. The molecule has 1 aromatic carbocycles. The Labute approximate surface area is 123 Å². The summed E-state index contributed by atoms with van der Waals surface area (Å²) in [5, 5.41) is 14.2. The quantitative estimate of drug-likeness (QED) is 0.781. The van der Waals surface area contributed by atoms with Gasteiger partial charge >= 0.3 is 12.0 Å². The van der Waals surface area contributed by atoms with E-state index in [2.05, 4.69) is 10.6 Å². The lowest BCUT2D eigenvalue weighted by molar-refractivity contribution is -0.142. The highest BCUT2D eigenvalue weighted by Crippen LogP contribution is 2.24. The standard InChI is InChI=1S/C15H21FN2O3/c1-15(2,3)8-10(13(19)20)9-17-14(21)18-12-6-4-11(16)5-7-12/h4-7,10H,8-9H2,1-3H3,(H,19,20)(H2,17,18,21). The molecule has 2 amide bonds. The SMILES string of the molecule is CC(C)(C)CC(CNC(=O)Nc1ccc(F)cc1)C(=O)O. The molecule has 0 heterocycles. The maximum atomic E-state index is 12.7. The number of rotatable bonds is 5. The summed E-state index contributed by atoms with van der Waals surface area (Å²) in [7, 11) is 0. The molecule has 0 aliphatic carbocycles. The molecule has 0 aliphatic rings. The van der Waals surface area contributed by atoms with Crippen LogP contribution in [0.4, 0.5) is 14.9 Å². The monoisotopic (exact) mass is 296 g/mol. The van der Waals surface area contributed by atoms with E-state index in [4.69, 9.17) is 5.11 Å². The molecule has 1 atom stereocenters. The Kier molecular flexibility index (Phi) is 5.69. The third-order valence-corrected chi connectivity index (χ3v) is 2.82. The van der Waals surface area contributed by atoms with Gasteiger partial charge in [0, 0.05) is 12.2 Å². The molecule has 0 aliphatic heterocycles. The van der Waals surface area contributed by atoms with Crippen molar-refractivity contribution in [2.75, 3.05) is 11.9 Å². The number of carbonyl (C=O) groups is 2. The van der Waals surface area contributed by atoms with Crippen molar-refractivity contribution in [3.8, 4) is 0 Å². The van der Waals surface area contributed by atoms with E-state index in [9.17, 15) is 14.0 Å². The Balaban J connectivity index is 2.50. The van der Waals surface area contributed by atoms with E-state index >= 15 is 0 Å². The van der Waals surface area contributed by atoms with Crippen LogP contribution in [0.1, 0.15) is 27.2 Å². The van der Waals surface area contributed by atoms with E-state index in [0.29, 0.717) is 12.1 Å². The van der Waals surface area contributed by atoms with Crippen LogP contribution >= 0.6 is 0 Å². The first kappa shape index (κ1) is 16.9. The topological polar surface area (TPSA) is 78.4 Å². The largest absolute Gasteiger partial charge is 0.481 e. The van der Waals surface area contributed by atoms with Crippen molar-refractivity contribution in [1.29, 1.82) is 0 Å². The number of carboxylic acids is 1. The van der Waals surface area contributed by atoms with Crippen molar-refractivity contribution in [3.05, 3.63) is 30.1 Å². The molecule has 0 fully saturated rings. The third kappa shape index (κ3) is 6.74. The highest BCUT2D eigenvalue weighted by atomic mass is 19.1. The minimum atomic E-state index is -0.938. The molecular weight excluding hydrogens is 275 g/mol. The number of urea groups is 1. The van der Waals surface area contributed by atoms with Gasteiger partial charge in [-0.15, -0.1) is 0 Å². The van der Waals surface area contributed by atoms with Crippen LogP contribution in [0.25, 0.3) is 0 Å². The maximum absolute atomic E-state index is 12.7. The van der Waals surface area contributed by atoms with Gasteiger partial charge in [-0.25, -0.2) is 9.18 Å². The second kappa shape index (κ2) is 7.06. The van der Waals surface area contributed by atoms with Crippen LogP contribution in [0.15, 0.2) is 24.3 Å². The Morgan fingerprint density at radius 1 is 1.24 bits per heavy atom. The van der Waals surface area contributed by atoms with E-state index in [-0.39, 0.29) is 12.0 Å². The summed E-state index contributed by atoms with van der Waals surface area (Å²) in [4.78, 5) is 22.9. The fourth-order valence-electron chi connectivity index (χ4n) is 1.91. The lowest BCUT2D eigenvalue weighted by Crippen LogP contribution is -2.37. The lowest BCUT2D eigenvalue weighted by atomic mass is 9.84. The van der Waals surface area contributed by atoms with Gasteiger partial charge in [0.15, 0.2) is 0 Å². The van der Waals surface area contributed by atoms with E-state index in [0.717, 1.165) is 0 Å². The third-order valence-electron chi connectivity index (χ3n) is 2.82.